The van der Waals surface area contributed by atoms with Crippen LogP contribution in [0.15, 0.2) is 47.8 Å². The first kappa shape index (κ1) is 15.4. The second-order valence-electron chi connectivity index (χ2n) is 4.89. The summed E-state index contributed by atoms with van der Waals surface area (Å²) in [4.78, 5) is 11.7. The summed E-state index contributed by atoms with van der Waals surface area (Å²) in [6, 6.07) is 11.4. The van der Waals surface area contributed by atoms with Gasteiger partial charge in [0, 0.05) is 11.2 Å². The van der Waals surface area contributed by atoms with Crippen molar-refractivity contribution < 1.29 is 18.3 Å². The first-order valence-electron chi connectivity index (χ1n) is 6.94. The number of hydrogen-bond donors (Lipinski definition) is 1. The zero-order chi connectivity index (χ0) is 16.2. The van der Waals surface area contributed by atoms with Crippen LogP contribution >= 0.6 is 11.3 Å². The van der Waals surface area contributed by atoms with Gasteiger partial charge in [0.05, 0.1) is 5.56 Å². The van der Waals surface area contributed by atoms with Crippen LogP contribution < -0.4 is 5.32 Å². The quantitative estimate of drug-likeness (QED) is 0.757. The molecule has 3 rings (SSSR count). The molecule has 0 aliphatic heterocycles. The van der Waals surface area contributed by atoms with Gasteiger partial charge in [-0.1, -0.05) is 24.3 Å². The molecule has 1 N–H and O–H groups in total. The Bertz CT molecular complexity index is 827. The summed E-state index contributed by atoms with van der Waals surface area (Å²) in [6.45, 7) is -0.155. The highest BCUT2D eigenvalue weighted by Crippen LogP contribution is 2.25. The second-order valence-corrected chi connectivity index (χ2v) is 5.80. The van der Waals surface area contributed by atoms with Gasteiger partial charge in [0.25, 0.3) is 0 Å². The predicted molar refractivity (Wildman–Crippen MR) is 85.2 cm³/mol. The van der Waals surface area contributed by atoms with Gasteiger partial charge in [0.15, 0.2) is 0 Å². The fraction of sp³-hybridized carbons (Fsp3) is 0.118. The monoisotopic (exact) mass is 333 g/mol. The molecule has 0 aliphatic rings. The van der Waals surface area contributed by atoms with E-state index in [1.54, 1.807) is 11.3 Å². The van der Waals surface area contributed by atoms with E-state index in [4.69, 9.17) is 4.74 Å². The van der Waals surface area contributed by atoms with Gasteiger partial charge in [-0.05, 0) is 34.5 Å². The molecule has 3 nitrogen and oxygen atoms in total. The number of amides is 1. The van der Waals surface area contributed by atoms with Crippen LogP contribution in [0.1, 0.15) is 11.1 Å². The molecule has 23 heavy (non-hydrogen) atoms. The van der Waals surface area contributed by atoms with E-state index >= 15 is 0 Å². The van der Waals surface area contributed by atoms with Gasteiger partial charge in [-0.3, -0.25) is 0 Å². The van der Waals surface area contributed by atoms with E-state index in [2.05, 4.69) is 5.32 Å². The van der Waals surface area contributed by atoms with Crippen LogP contribution in [-0.2, 0) is 17.9 Å². The van der Waals surface area contributed by atoms with Crippen LogP contribution in [0.25, 0.3) is 10.1 Å². The van der Waals surface area contributed by atoms with Gasteiger partial charge in [0.1, 0.15) is 18.2 Å². The first-order chi connectivity index (χ1) is 11.1. The lowest BCUT2D eigenvalue weighted by Crippen LogP contribution is -2.23. The van der Waals surface area contributed by atoms with Crippen molar-refractivity contribution >= 4 is 27.5 Å². The summed E-state index contributed by atoms with van der Waals surface area (Å²) in [5, 5.41) is 5.61. The van der Waals surface area contributed by atoms with Crippen molar-refractivity contribution in [3.05, 3.63) is 70.6 Å². The molecule has 6 heteroatoms. The maximum absolute atomic E-state index is 13.4. The summed E-state index contributed by atoms with van der Waals surface area (Å²) in [7, 11) is 0. The molecule has 0 saturated carbocycles. The highest BCUT2D eigenvalue weighted by Gasteiger charge is 2.11. The number of halogens is 2. The Hall–Kier alpha value is -2.47. The summed E-state index contributed by atoms with van der Waals surface area (Å²) in [5.74, 6) is -1.47. The largest absolute Gasteiger partial charge is 0.444 e. The fourth-order valence-corrected chi connectivity index (χ4v) is 3.16. The number of carbonyl (C=O) groups is 1. The molecule has 1 aromatic heterocycles. The third-order valence-electron chi connectivity index (χ3n) is 3.39. The molecular weight excluding hydrogens is 320 g/mol. The smallest absolute Gasteiger partial charge is 0.407 e. The third kappa shape index (κ3) is 3.48. The van der Waals surface area contributed by atoms with Gasteiger partial charge in [-0.15, -0.1) is 11.3 Å². The van der Waals surface area contributed by atoms with Crippen molar-refractivity contribution in [1.29, 1.82) is 0 Å². The van der Waals surface area contributed by atoms with Crippen LogP contribution in [0.5, 0.6) is 0 Å². The Morgan fingerprint density at radius 1 is 1.09 bits per heavy atom. The van der Waals surface area contributed by atoms with Gasteiger partial charge in [0.2, 0.25) is 0 Å². The number of alkyl carbamates (subject to hydrolysis) is 1. The Balaban J connectivity index is 1.58. The molecule has 0 unspecified atom stereocenters. The van der Waals surface area contributed by atoms with Gasteiger partial charge < -0.3 is 10.1 Å². The van der Waals surface area contributed by atoms with Crippen molar-refractivity contribution in [3.63, 3.8) is 0 Å². The van der Waals surface area contributed by atoms with E-state index in [0.717, 1.165) is 27.8 Å². The van der Waals surface area contributed by atoms with Crippen LogP contribution in [-0.4, -0.2) is 6.09 Å². The van der Waals surface area contributed by atoms with Crippen LogP contribution in [0.3, 0.4) is 0 Å². The molecule has 0 atom stereocenters. The van der Waals surface area contributed by atoms with Crippen molar-refractivity contribution in [3.8, 4) is 0 Å². The lowest BCUT2D eigenvalue weighted by Gasteiger charge is -2.08. The maximum Gasteiger partial charge on any atom is 0.407 e. The molecule has 0 spiro atoms. The molecule has 118 valence electrons. The van der Waals surface area contributed by atoms with Crippen LogP contribution in [0, 0.1) is 11.6 Å². The number of hydrogen-bond acceptors (Lipinski definition) is 3. The molecule has 0 radical (unpaired) electrons. The Morgan fingerprint density at radius 3 is 2.61 bits per heavy atom. The number of thiophene rings is 1. The number of carbonyl (C=O) groups excluding carboxylic acids is 1. The summed E-state index contributed by atoms with van der Waals surface area (Å²) in [5.41, 5.74) is 0.711. The van der Waals surface area contributed by atoms with E-state index in [-0.39, 0.29) is 5.56 Å². The van der Waals surface area contributed by atoms with E-state index in [9.17, 15) is 13.6 Å². The molecular formula is C17H13F2NO2S. The van der Waals surface area contributed by atoms with Crippen LogP contribution in [0.2, 0.25) is 0 Å². The minimum Gasteiger partial charge on any atom is -0.444 e. The minimum absolute atomic E-state index is 0.261. The maximum atomic E-state index is 13.4. The standard InChI is InChI=1S/C17H13F2NO2S/c18-14-5-3-6-15(19)13(14)9-22-17(21)20-8-11-10-23-16-7-2-1-4-12(11)16/h1-7,10H,8-9H2,(H,20,21). The predicted octanol–water partition coefficient (Wildman–Crippen LogP) is 4.61. The Morgan fingerprint density at radius 2 is 1.83 bits per heavy atom. The van der Waals surface area contributed by atoms with Crippen LogP contribution in [0.4, 0.5) is 13.6 Å². The highest BCUT2D eigenvalue weighted by atomic mass is 32.1. The Kier molecular flexibility index (Phi) is 4.52. The van der Waals surface area contributed by atoms with Gasteiger partial charge in [-0.2, -0.15) is 0 Å². The van der Waals surface area contributed by atoms with E-state index in [1.807, 2.05) is 29.6 Å². The molecule has 1 heterocycles. The Labute approximate surface area is 135 Å². The SMILES string of the molecule is O=C(NCc1csc2ccccc12)OCc1c(F)cccc1F. The highest BCUT2D eigenvalue weighted by molar-refractivity contribution is 7.17. The third-order valence-corrected chi connectivity index (χ3v) is 4.41. The van der Waals surface area contributed by atoms with E-state index < -0.39 is 24.3 Å². The average Bonchev–Trinajstić information content (AvgIpc) is 2.96. The molecule has 0 saturated heterocycles. The van der Waals surface area contributed by atoms with Crippen molar-refractivity contribution in [2.75, 3.05) is 0 Å². The van der Waals surface area contributed by atoms with Crippen molar-refractivity contribution in [2.45, 2.75) is 13.2 Å². The van der Waals surface area contributed by atoms with Gasteiger partial charge >= 0.3 is 6.09 Å². The normalized spacial score (nSPS) is 10.7. The average molecular weight is 333 g/mol. The zero-order valence-electron chi connectivity index (χ0n) is 12.0. The number of nitrogens with one attached hydrogen (secondary N) is 1. The van der Waals surface area contributed by atoms with Crippen molar-refractivity contribution in [2.24, 2.45) is 0 Å². The lowest BCUT2D eigenvalue weighted by molar-refractivity contribution is 0.136. The molecule has 2 aromatic carbocycles. The first-order valence-corrected chi connectivity index (χ1v) is 7.82. The number of benzene rings is 2. The second kappa shape index (κ2) is 6.75. The van der Waals surface area contributed by atoms with Gasteiger partial charge in [-0.25, -0.2) is 13.6 Å². The molecule has 0 aliphatic carbocycles. The molecule has 0 fully saturated rings. The minimum atomic E-state index is -0.735. The van der Waals surface area contributed by atoms with E-state index in [0.29, 0.717) is 6.54 Å². The molecule has 1 amide bonds. The summed E-state index contributed by atoms with van der Waals surface area (Å²) in [6.07, 6.45) is -0.720. The number of ether oxygens (including phenoxy) is 1. The van der Waals surface area contributed by atoms with E-state index in [1.165, 1.54) is 6.07 Å². The number of rotatable bonds is 4. The molecule has 3 aromatic rings. The summed E-state index contributed by atoms with van der Waals surface area (Å²) < 4.78 is 32.9. The molecule has 0 bridgehead atoms. The lowest BCUT2D eigenvalue weighted by atomic mass is 10.2. The topological polar surface area (TPSA) is 38.3 Å². The number of fused-ring (bicyclic) bond motifs is 1. The van der Waals surface area contributed by atoms with Crippen molar-refractivity contribution in [1.82, 2.24) is 5.32 Å². The fourth-order valence-electron chi connectivity index (χ4n) is 2.20. The summed E-state index contributed by atoms with van der Waals surface area (Å²) >= 11 is 1.59. The zero-order valence-corrected chi connectivity index (χ0v) is 12.8.